The third kappa shape index (κ3) is 3.11. The summed E-state index contributed by atoms with van der Waals surface area (Å²) >= 11 is 0. The molecule has 1 aromatic carbocycles. The zero-order chi connectivity index (χ0) is 13.0. The van der Waals surface area contributed by atoms with Crippen molar-refractivity contribution in [3.05, 3.63) is 42.2 Å². The number of benzene rings is 1. The first-order valence-electron chi connectivity index (χ1n) is 6.10. The van der Waals surface area contributed by atoms with Crippen molar-refractivity contribution in [3.8, 4) is 11.4 Å². The molecule has 0 aliphatic heterocycles. The van der Waals surface area contributed by atoms with E-state index in [0.717, 1.165) is 18.0 Å². The number of aromatic nitrogens is 2. The Morgan fingerprint density at radius 1 is 1.28 bits per heavy atom. The van der Waals surface area contributed by atoms with E-state index in [9.17, 15) is 0 Å². The van der Waals surface area contributed by atoms with Crippen LogP contribution in [0.4, 0.5) is 0 Å². The minimum Gasteiger partial charge on any atom is -0.497 e. The maximum atomic E-state index is 5.14. The Kier molecular flexibility index (Phi) is 3.99. The molecule has 0 saturated carbocycles. The second-order valence-electron chi connectivity index (χ2n) is 4.53. The zero-order valence-corrected chi connectivity index (χ0v) is 11.1. The summed E-state index contributed by atoms with van der Waals surface area (Å²) in [6.45, 7) is 5.11. The number of nitrogens with zero attached hydrogens (tertiary/aromatic N) is 2. The molecule has 1 N–H and O–H groups in total. The molecule has 0 aliphatic carbocycles. The van der Waals surface area contributed by atoms with E-state index in [1.165, 1.54) is 5.56 Å². The molecule has 0 spiro atoms. The molecule has 0 bridgehead atoms. The van der Waals surface area contributed by atoms with E-state index in [4.69, 9.17) is 4.74 Å². The third-order valence-electron chi connectivity index (χ3n) is 2.69. The Hall–Kier alpha value is -1.81. The summed E-state index contributed by atoms with van der Waals surface area (Å²) in [5.41, 5.74) is 2.21. The fourth-order valence-electron chi connectivity index (χ4n) is 1.65. The Morgan fingerprint density at radius 3 is 2.61 bits per heavy atom. The molecule has 0 saturated heterocycles. The van der Waals surface area contributed by atoms with Gasteiger partial charge in [0, 0.05) is 24.3 Å². The van der Waals surface area contributed by atoms with Crippen LogP contribution in [-0.2, 0) is 6.54 Å². The van der Waals surface area contributed by atoms with Gasteiger partial charge in [-0.25, -0.2) is 4.68 Å². The average molecular weight is 245 g/mol. The lowest BCUT2D eigenvalue weighted by atomic mass is 10.3. The standard InChI is InChI=1S/C14H19N3O/c1-11(2)15-8-12-9-16-17(10-12)13-4-6-14(18-3)7-5-13/h4-7,9-11,15H,8H2,1-3H3. The Morgan fingerprint density at radius 2 is 2.00 bits per heavy atom. The quantitative estimate of drug-likeness (QED) is 0.879. The molecule has 96 valence electrons. The fourth-order valence-corrected chi connectivity index (χ4v) is 1.65. The Bertz CT molecular complexity index is 488. The summed E-state index contributed by atoms with van der Waals surface area (Å²) in [7, 11) is 1.67. The van der Waals surface area contributed by atoms with Crippen molar-refractivity contribution < 1.29 is 4.74 Å². The number of hydrogen-bond acceptors (Lipinski definition) is 3. The van der Waals surface area contributed by atoms with Crippen LogP contribution in [0, 0.1) is 0 Å². The van der Waals surface area contributed by atoms with Gasteiger partial charge >= 0.3 is 0 Å². The average Bonchev–Trinajstić information content (AvgIpc) is 2.85. The molecule has 1 heterocycles. The molecule has 1 aromatic heterocycles. The molecule has 0 unspecified atom stereocenters. The molecule has 0 amide bonds. The van der Waals surface area contributed by atoms with Crippen LogP contribution in [0.15, 0.2) is 36.7 Å². The molecule has 0 radical (unpaired) electrons. The molecular weight excluding hydrogens is 226 g/mol. The van der Waals surface area contributed by atoms with E-state index in [2.05, 4.69) is 24.3 Å². The van der Waals surface area contributed by atoms with Crippen LogP contribution >= 0.6 is 0 Å². The molecule has 2 aromatic rings. The highest BCUT2D eigenvalue weighted by molar-refractivity contribution is 5.37. The maximum absolute atomic E-state index is 5.14. The number of ether oxygens (including phenoxy) is 1. The molecule has 18 heavy (non-hydrogen) atoms. The summed E-state index contributed by atoms with van der Waals surface area (Å²) < 4.78 is 7.01. The van der Waals surface area contributed by atoms with E-state index in [-0.39, 0.29) is 0 Å². The van der Waals surface area contributed by atoms with Gasteiger partial charge in [-0.15, -0.1) is 0 Å². The molecule has 4 heteroatoms. The number of hydrogen-bond donors (Lipinski definition) is 1. The predicted molar refractivity (Wildman–Crippen MR) is 72.1 cm³/mol. The van der Waals surface area contributed by atoms with Crippen molar-refractivity contribution in [3.63, 3.8) is 0 Å². The lowest BCUT2D eigenvalue weighted by Gasteiger charge is -2.05. The smallest absolute Gasteiger partial charge is 0.119 e. The van der Waals surface area contributed by atoms with Gasteiger partial charge in [-0.05, 0) is 24.3 Å². The fraction of sp³-hybridized carbons (Fsp3) is 0.357. The van der Waals surface area contributed by atoms with Crippen molar-refractivity contribution in [1.29, 1.82) is 0 Å². The minimum absolute atomic E-state index is 0.481. The van der Waals surface area contributed by atoms with Gasteiger partial charge in [0.25, 0.3) is 0 Å². The summed E-state index contributed by atoms with van der Waals surface area (Å²) in [5, 5.41) is 7.73. The van der Waals surface area contributed by atoms with Crippen LogP contribution in [0.25, 0.3) is 5.69 Å². The second kappa shape index (κ2) is 5.69. The molecule has 0 fully saturated rings. The third-order valence-corrected chi connectivity index (χ3v) is 2.69. The van der Waals surface area contributed by atoms with Crippen molar-refractivity contribution in [2.75, 3.05) is 7.11 Å². The second-order valence-corrected chi connectivity index (χ2v) is 4.53. The van der Waals surface area contributed by atoms with E-state index in [1.54, 1.807) is 7.11 Å². The summed E-state index contributed by atoms with van der Waals surface area (Å²) in [6, 6.07) is 8.33. The Labute approximate surface area is 108 Å². The summed E-state index contributed by atoms with van der Waals surface area (Å²) in [5.74, 6) is 0.854. The van der Waals surface area contributed by atoms with Crippen LogP contribution < -0.4 is 10.1 Å². The van der Waals surface area contributed by atoms with E-state index in [0.29, 0.717) is 6.04 Å². The van der Waals surface area contributed by atoms with Crippen LogP contribution in [0.2, 0.25) is 0 Å². The van der Waals surface area contributed by atoms with E-state index in [1.807, 2.05) is 41.3 Å². The van der Waals surface area contributed by atoms with Crippen molar-refractivity contribution in [2.24, 2.45) is 0 Å². The number of rotatable bonds is 5. The largest absolute Gasteiger partial charge is 0.497 e. The maximum Gasteiger partial charge on any atom is 0.119 e. The SMILES string of the molecule is COc1ccc(-n2cc(CNC(C)C)cn2)cc1. The summed E-state index contributed by atoms with van der Waals surface area (Å²) in [6.07, 6.45) is 3.93. The van der Waals surface area contributed by atoms with Crippen molar-refractivity contribution in [1.82, 2.24) is 15.1 Å². The van der Waals surface area contributed by atoms with Gasteiger partial charge in [-0.3, -0.25) is 0 Å². The highest BCUT2D eigenvalue weighted by Crippen LogP contribution is 2.14. The predicted octanol–water partition coefficient (Wildman–Crippen LogP) is 2.38. The van der Waals surface area contributed by atoms with Gasteiger partial charge in [-0.1, -0.05) is 13.8 Å². The number of nitrogens with one attached hydrogen (secondary N) is 1. The molecule has 2 rings (SSSR count). The Balaban J connectivity index is 2.08. The van der Waals surface area contributed by atoms with Crippen LogP contribution in [0.5, 0.6) is 5.75 Å². The first-order chi connectivity index (χ1) is 8.69. The zero-order valence-electron chi connectivity index (χ0n) is 11.1. The first kappa shape index (κ1) is 12.6. The van der Waals surface area contributed by atoms with Gasteiger partial charge in [0.2, 0.25) is 0 Å². The van der Waals surface area contributed by atoms with Gasteiger partial charge in [0.15, 0.2) is 0 Å². The monoisotopic (exact) mass is 245 g/mol. The minimum atomic E-state index is 0.481. The first-order valence-corrected chi connectivity index (χ1v) is 6.10. The van der Waals surface area contributed by atoms with Gasteiger partial charge < -0.3 is 10.1 Å². The molecule has 4 nitrogen and oxygen atoms in total. The lowest BCUT2D eigenvalue weighted by Crippen LogP contribution is -2.21. The molecular formula is C14H19N3O. The van der Waals surface area contributed by atoms with Gasteiger partial charge in [0.05, 0.1) is 19.0 Å². The highest BCUT2D eigenvalue weighted by Gasteiger charge is 2.02. The van der Waals surface area contributed by atoms with Crippen molar-refractivity contribution in [2.45, 2.75) is 26.4 Å². The topological polar surface area (TPSA) is 39.1 Å². The molecule has 0 atom stereocenters. The van der Waals surface area contributed by atoms with Gasteiger partial charge in [0.1, 0.15) is 5.75 Å². The highest BCUT2D eigenvalue weighted by atomic mass is 16.5. The van der Waals surface area contributed by atoms with Crippen LogP contribution in [0.3, 0.4) is 0 Å². The van der Waals surface area contributed by atoms with Crippen molar-refractivity contribution >= 4 is 0 Å². The van der Waals surface area contributed by atoms with Crippen LogP contribution in [0.1, 0.15) is 19.4 Å². The van der Waals surface area contributed by atoms with Gasteiger partial charge in [-0.2, -0.15) is 5.10 Å². The van der Waals surface area contributed by atoms with E-state index >= 15 is 0 Å². The summed E-state index contributed by atoms with van der Waals surface area (Å²) in [4.78, 5) is 0. The normalized spacial score (nSPS) is 10.9. The van der Waals surface area contributed by atoms with E-state index < -0.39 is 0 Å². The molecule has 0 aliphatic rings. The lowest BCUT2D eigenvalue weighted by molar-refractivity contribution is 0.414. The van der Waals surface area contributed by atoms with Crippen LogP contribution in [-0.4, -0.2) is 22.9 Å². The number of methoxy groups -OCH3 is 1.